The molecule has 4 nitrogen and oxygen atoms in total. The maximum atomic E-state index is 11.2. The lowest BCUT2D eigenvalue weighted by Gasteiger charge is -2.08. The number of ether oxygens (including phenoxy) is 1. The van der Waals surface area contributed by atoms with Gasteiger partial charge in [0.2, 0.25) is 0 Å². The third kappa shape index (κ3) is 2.74. The number of benzene rings is 1. The van der Waals surface area contributed by atoms with Gasteiger partial charge in [0.1, 0.15) is 13.2 Å². The second-order valence-electron chi connectivity index (χ2n) is 2.95. The molecule has 0 fully saturated rings. The summed E-state index contributed by atoms with van der Waals surface area (Å²) in [5.41, 5.74) is 2.98. The number of nitrogens with two attached hydrogens (primary N) is 1. The van der Waals surface area contributed by atoms with E-state index in [1.807, 2.05) is 0 Å². The number of hydrogen-bond donors (Lipinski definition) is 2. The molecule has 0 aliphatic rings. The highest BCUT2D eigenvalue weighted by atomic mass is 16.5. The van der Waals surface area contributed by atoms with Gasteiger partial charge in [-0.25, -0.2) is 0 Å². The summed E-state index contributed by atoms with van der Waals surface area (Å²) in [6, 6.07) is 5.78. The first-order chi connectivity index (χ1) is 7.17. The van der Waals surface area contributed by atoms with Crippen molar-refractivity contribution < 1.29 is 16.0 Å². The van der Waals surface area contributed by atoms with Crippen molar-refractivity contribution in [1.29, 1.82) is 0 Å². The lowest BCUT2D eigenvalue weighted by atomic mass is 10.1. The van der Waals surface area contributed by atoms with Crippen molar-refractivity contribution in [3.63, 3.8) is 0 Å². The third-order valence-corrected chi connectivity index (χ3v) is 1.86. The zero-order valence-electron chi connectivity index (χ0n) is 8.86. The molecule has 3 N–H and O–H groups in total. The third-order valence-electron chi connectivity index (χ3n) is 1.86. The van der Waals surface area contributed by atoms with Gasteiger partial charge in [-0.3, -0.25) is 4.79 Å². The molecule has 0 amide bonds. The molecule has 0 aromatic heterocycles. The highest BCUT2D eigenvalue weighted by molar-refractivity contribution is 5.75. The number of aromatic hydroxyl groups is 1. The molecule has 4 heteroatoms. The van der Waals surface area contributed by atoms with Gasteiger partial charge in [-0.1, -0.05) is 12.1 Å². The Labute approximate surface area is 83.8 Å². The molecule has 0 radical (unpaired) electrons. The van der Waals surface area contributed by atoms with E-state index in [-0.39, 0.29) is 5.75 Å². The molecular formula is C10H13NO3. The normalized spacial score (nSPS) is 13.1. The van der Waals surface area contributed by atoms with Gasteiger partial charge in [0.05, 0.1) is 7.11 Å². The Morgan fingerprint density at radius 2 is 2.29 bits per heavy atom. The first kappa shape index (κ1) is 9.02. The van der Waals surface area contributed by atoms with Gasteiger partial charge in [0.15, 0.2) is 0 Å². The van der Waals surface area contributed by atoms with Crippen LogP contribution in [0.25, 0.3) is 0 Å². The van der Waals surface area contributed by atoms with Gasteiger partial charge in [-0.05, 0) is 24.1 Å². The molecule has 1 aromatic rings. The van der Waals surface area contributed by atoms with Crippen LogP contribution in [0.5, 0.6) is 5.75 Å². The molecule has 0 saturated carbocycles. The topological polar surface area (TPSA) is 72.5 Å². The fourth-order valence-corrected chi connectivity index (χ4v) is 1.09. The number of carbonyl (C=O) groups is 1. The Kier molecular flexibility index (Phi) is 2.98. The van der Waals surface area contributed by atoms with Crippen LogP contribution in [0.15, 0.2) is 24.3 Å². The molecule has 1 rings (SSSR count). The van der Waals surface area contributed by atoms with E-state index in [0.29, 0.717) is 6.42 Å². The Morgan fingerprint density at radius 1 is 1.64 bits per heavy atom. The highest BCUT2D eigenvalue weighted by Crippen LogP contribution is 2.10. The molecule has 0 unspecified atom stereocenters. The van der Waals surface area contributed by atoms with E-state index in [0.717, 1.165) is 5.56 Å². The minimum absolute atomic E-state index is 0.173. The summed E-state index contributed by atoms with van der Waals surface area (Å²) in [6.07, 6.45) is 0.358. The van der Waals surface area contributed by atoms with E-state index < -0.39 is 12.0 Å². The van der Waals surface area contributed by atoms with Gasteiger partial charge in [0, 0.05) is 0 Å². The van der Waals surface area contributed by atoms with Crippen molar-refractivity contribution in [2.24, 2.45) is 5.73 Å². The first-order valence-electron chi connectivity index (χ1n) is 4.70. The van der Waals surface area contributed by atoms with Crippen LogP contribution in [-0.2, 0) is 16.0 Å². The Hall–Kier alpha value is -1.55. The number of phenols is 1. The van der Waals surface area contributed by atoms with E-state index in [2.05, 4.69) is 10.5 Å². The maximum absolute atomic E-state index is 11.2. The molecule has 0 spiro atoms. The maximum Gasteiger partial charge on any atom is 0.322 e. The monoisotopic (exact) mass is 196 g/mol. The van der Waals surface area contributed by atoms with E-state index in [9.17, 15) is 4.79 Å². The number of carbonyl (C=O) groups excluding carboxylic acids is 1. The smallest absolute Gasteiger partial charge is 0.322 e. The zero-order valence-corrected chi connectivity index (χ0v) is 7.86. The number of phenolic OH excluding ortho intramolecular Hbond substituents is 1. The second kappa shape index (κ2) is 4.62. The van der Waals surface area contributed by atoms with Gasteiger partial charge in [-0.15, -0.1) is 0 Å². The molecular weight excluding hydrogens is 182 g/mol. The highest BCUT2D eigenvalue weighted by Gasteiger charge is 2.13. The summed E-state index contributed by atoms with van der Waals surface area (Å²) < 4.78 is 11.5. The number of esters is 1. The minimum atomic E-state index is -0.681. The summed E-state index contributed by atoms with van der Waals surface area (Å²) in [5.74, 6) is -0.301. The molecule has 0 aliphatic heterocycles. The first-order valence-corrected chi connectivity index (χ1v) is 4.20. The zero-order chi connectivity index (χ0) is 11.3. The summed E-state index contributed by atoms with van der Waals surface area (Å²) in [6.45, 7) is 0. The summed E-state index contributed by atoms with van der Waals surface area (Å²) in [7, 11) is 1.28. The Morgan fingerprint density at radius 3 is 2.79 bits per heavy atom. The van der Waals surface area contributed by atoms with Gasteiger partial charge >= 0.3 is 5.97 Å². The number of rotatable bonds is 4. The summed E-state index contributed by atoms with van der Waals surface area (Å²) >= 11 is 0. The van der Waals surface area contributed by atoms with Crippen LogP contribution in [-0.4, -0.2) is 24.2 Å². The van der Waals surface area contributed by atoms with E-state index >= 15 is 0 Å². The molecule has 0 heterocycles. The van der Waals surface area contributed by atoms with Crippen LogP contribution >= 0.6 is 0 Å². The lowest BCUT2D eigenvalue weighted by molar-refractivity contribution is -0.142. The quantitative estimate of drug-likeness (QED) is 0.685. The molecule has 14 heavy (non-hydrogen) atoms. The van der Waals surface area contributed by atoms with Gasteiger partial charge < -0.3 is 15.6 Å². The van der Waals surface area contributed by atoms with Crippen molar-refractivity contribution in [3.8, 4) is 5.75 Å². The van der Waals surface area contributed by atoms with E-state index in [1.165, 1.54) is 19.2 Å². The molecule has 0 aliphatic carbocycles. The van der Waals surface area contributed by atoms with E-state index in [1.54, 1.807) is 12.1 Å². The Bertz CT molecular complexity index is 326. The van der Waals surface area contributed by atoms with Crippen LogP contribution in [0.1, 0.15) is 5.56 Å². The predicted molar refractivity (Wildman–Crippen MR) is 51.8 cm³/mol. The largest absolute Gasteiger partial charge is 0.508 e. The second-order valence-corrected chi connectivity index (χ2v) is 2.95. The summed E-state index contributed by atoms with van der Waals surface area (Å²) in [5, 5.41) is 9.06. The van der Waals surface area contributed by atoms with Gasteiger partial charge in [0.25, 0.3) is 0 Å². The fraction of sp³-hybridized carbons (Fsp3) is 0.300. The van der Waals surface area contributed by atoms with Crippen molar-refractivity contribution in [2.75, 3.05) is 7.11 Å². The molecule has 0 saturated heterocycles. The standard InChI is InChI=1S/C10H13NO3/c1-14-10(13)9(11)6-7-2-4-8(12)5-3-7/h2-5,9,12H,6,11H2,1H3/t9-/m0/s1/i/hD. The average Bonchev–Trinajstić information content (AvgIpc) is 2.27. The van der Waals surface area contributed by atoms with Crippen LogP contribution in [0, 0.1) is 0 Å². The van der Waals surface area contributed by atoms with Gasteiger partial charge in [-0.2, -0.15) is 0 Å². The average molecular weight is 196 g/mol. The lowest BCUT2D eigenvalue weighted by Crippen LogP contribution is -2.33. The van der Waals surface area contributed by atoms with Crippen LogP contribution in [0.2, 0.25) is 1.41 Å². The SMILES string of the molecule is [2H]N[C@@H](Cc1ccc(O)cc1)C(=O)OC. The minimum Gasteiger partial charge on any atom is -0.508 e. The number of hydrogen-bond acceptors (Lipinski definition) is 4. The summed E-state index contributed by atoms with van der Waals surface area (Å²) in [4.78, 5) is 11.2. The predicted octanol–water partition coefficient (Wildman–Crippen LogP) is 0.435. The van der Waals surface area contributed by atoms with Crippen molar-refractivity contribution in [1.82, 2.24) is 0 Å². The van der Waals surface area contributed by atoms with Crippen LogP contribution in [0.4, 0.5) is 0 Å². The molecule has 1 aromatic carbocycles. The number of methoxy groups -OCH3 is 1. The molecule has 76 valence electrons. The van der Waals surface area contributed by atoms with Crippen molar-refractivity contribution in [3.05, 3.63) is 29.8 Å². The van der Waals surface area contributed by atoms with Crippen LogP contribution < -0.4 is 5.73 Å². The van der Waals surface area contributed by atoms with E-state index in [4.69, 9.17) is 6.52 Å². The molecule has 1 atom stereocenters. The van der Waals surface area contributed by atoms with Crippen LogP contribution in [0.3, 0.4) is 0 Å². The van der Waals surface area contributed by atoms with Crippen molar-refractivity contribution in [2.45, 2.75) is 12.5 Å². The molecule has 0 bridgehead atoms. The fourth-order valence-electron chi connectivity index (χ4n) is 1.09. The van der Waals surface area contributed by atoms with Crippen molar-refractivity contribution >= 4 is 5.97 Å². The Balaban J connectivity index is 2.66.